The van der Waals surface area contributed by atoms with Gasteiger partial charge in [-0.3, -0.25) is 4.79 Å². The molecule has 1 fully saturated rings. The van der Waals surface area contributed by atoms with Gasteiger partial charge in [-0.15, -0.1) is 23.1 Å². The molecule has 0 aliphatic carbocycles. The highest BCUT2D eigenvalue weighted by Crippen LogP contribution is 2.31. The van der Waals surface area contributed by atoms with Crippen molar-refractivity contribution in [1.29, 1.82) is 0 Å². The molecule has 0 bridgehead atoms. The molecule has 1 aliphatic rings. The molecule has 4 nitrogen and oxygen atoms in total. The van der Waals surface area contributed by atoms with E-state index < -0.39 is 0 Å². The monoisotopic (exact) mass is 438 g/mol. The van der Waals surface area contributed by atoms with Gasteiger partial charge in [-0.05, 0) is 42.6 Å². The second-order valence-electron chi connectivity index (χ2n) is 7.04. The normalized spacial score (nSPS) is 14.0. The number of anilines is 1. The highest BCUT2D eigenvalue weighted by Gasteiger charge is 2.25. The van der Waals surface area contributed by atoms with Crippen LogP contribution in [0.2, 0.25) is 0 Å². The van der Waals surface area contributed by atoms with E-state index in [-0.39, 0.29) is 5.91 Å². The lowest BCUT2D eigenvalue weighted by Gasteiger charge is -2.37. The van der Waals surface area contributed by atoms with E-state index in [1.165, 1.54) is 4.88 Å². The van der Waals surface area contributed by atoms with Crippen molar-refractivity contribution in [3.63, 3.8) is 0 Å². The first-order chi connectivity index (χ1) is 14.8. The van der Waals surface area contributed by atoms with Gasteiger partial charge in [-0.2, -0.15) is 0 Å². The quantitative estimate of drug-likeness (QED) is 0.462. The first-order valence-corrected chi connectivity index (χ1v) is 12.1. The summed E-state index contributed by atoms with van der Waals surface area (Å²) in [7, 11) is 0. The molecule has 1 amide bonds. The summed E-state index contributed by atoms with van der Waals surface area (Å²) in [6, 6.07) is 20.3. The molecule has 0 spiro atoms. The van der Waals surface area contributed by atoms with Crippen LogP contribution >= 0.6 is 23.1 Å². The zero-order chi connectivity index (χ0) is 20.8. The molecule has 0 N–H and O–H groups in total. The number of carbonyl (C=O) groups is 1. The summed E-state index contributed by atoms with van der Waals surface area (Å²) in [4.78, 5) is 19.9. The van der Waals surface area contributed by atoms with E-state index in [0.29, 0.717) is 19.7 Å². The van der Waals surface area contributed by atoms with Crippen LogP contribution in [0.3, 0.4) is 0 Å². The molecule has 1 saturated heterocycles. The molecule has 0 saturated carbocycles. The van der Waals surface area contributed by atoms with Gasteiger partial charge in [0.1, 0.15) is 5.75 Å². The molecule has 0 unspecified atom stereocenters. The van der Waals surface area contributed by atoms with E-state index in [1.807, 2.05) is 48.2 Å². The molecule has 3 aromatic rings. The summed E-state index contributed by atoms with van der Waals surface area (Å²) < 4.78 is 5.78. The minimum Gasteiger partial charge on any atom is -0.492 e. The van der Waals surface area contributed by atoms with E-state index in [0.717, 1.165) is 40.7 Å². The Labute approximate surface area is 186 Å². The Kier molecular flexibility index (Phi) is 6.97. The van der Waals surface area contributed by atoms with Crippen molar-refractivity contribution < 1.29 is 9.53 Å². The van der Waals surface area contributed by atoms with Crippen LogP contribution < -0.4 is 9.64 Å². The van der Waals surface area contributed by atoms with Crippen LogP contribution in [0.25, 0.3) is 0 Å². The molecule has 0 atom stereocenters. The van der Waals surface area contributed by atoms with E-state index >= 15 is 0 Å². The van der Waals surface area contributed by atoms with Gasteiger partial charge in [0.05, 0.1) is 17.9 Å². The van der Waals surface area contributed by atoms with Crippen LogP contribution in [0.4, 0.5) is 5.69 Å². The van der Waals surface area contributed by atoms with Gasteiger partial charge < -0.3 is 14.5 Å². The molecule has 156 valence electrons. The number of thiophene rings is 1. The predicted octanol–water partition coefficient (Wildman–Crippen LogP) is 5.40. The molecule has 1 aliphatic heterocycles. The number of rotatable bonds is 7. The average Bonchev–Trinajstić information content (AvgIpc) is 3.32. The predicted molar refractivity (Wildman–Crippen MR) is 126 cm³/mol. The van der Waals surface area contributed by atoms with Crippen LogP contribution in [0.5, 0.6) is 5.75 Å². The molecule has 2 aromatic carbocycles. The lowest BCUT2D eigenvalue weighted by molar-refractivity contribution is 0.0743. The lowest BCUT2D eigenvalue weighted by atomic mass is 10.1. The molecular weight excluding hydrogens is 412 g/mol. The Hall–Kier alpha value is -2.44. The Morgan fingerprint density at radius 2 is 1.77 bits per heavy atom. The average molecular weight is 439 g/mol. The van der Waals surface area contributed by atoms with Crippen molar-refractivity contribution in [3.8, 4) is 5.75 Å². The summed E-state index contributed by atoms with van der Waals surface area (Å²) in [6.07, 6.45) is 0. The number of nitrogens with zero attached hydrogens (tertiary/aromatic N) is 2. The summed E-state index contributed by atoms with van der Waals surface area (Å²) in [6.45, 7) is 5.68. The maximum atomic E-state index is 13.3. The van der Waals surface area contributed by atoms with E-state index in [1.54, 1.807) is 23.1 Å². The maximum absolute atomic E-state index is 13.3. The third-order valence-corrected chi connectivity index (χ3v) is 7.32. The fraction of sp³-hybridized carbons (Fsp3) is 0.292. The number of piperazine rings is 1. The Bertz CT molecular complexity index is 967. The van der Waals surface area contributed by atoms with Crippen molar-refractivity contribution in [1.82, 2.24) is 4.90 Å². The summed E-state index contributed by atoms with van der Waals surface area (Å²) in [5.41, 5.74) is 1.92. The maximum Gasteiger partial charge on any atom is 0.255 e. The third-order valence-electron chi connectivity index (χ3n) is 5.14. The Balaban J connectivity index is 1.41. The van der Waals surface area contributed by atoms with Crippen molar-refractivity contribution in [2.45, 2.75) is 17.6 Å². The van der Waals surface area contributed by atoms with Crippen molar-refractivity contribution in [2.75, 3.05) is 37.7 Å². The summed E-state index contributed by atoms with van der Waals surface area (Å²) >= 11 is 3.49. The first-order valence-electron chi connectivity index (χ1n) is 10.3. The summed E-state index contributed by atoms with van der Waals surface area (Å²) in [5.74, 6) is 1.93. The zero-order valence-corrected chi connectivity index (χ0v) is 18.8. The number of hydrogen-bond donors (Lipinski definition) is 0. The largest absolute Gasteiger partial charge is 0.492 e. The number of ether oxygens (including phenoxy) is 1. The van der Waals surface area contributed by atoms with Gasteiger partial charge in [0, 0.05) is 41.7 Å². The fourth-order valence-electron chi connectivity index (χ4n) is 3.63. The van der Waals surface area contributed by atoms with E-state index in [9.17, 15) is 4.79 Å². The Morgan fingerprint density at radius 1 is 1.00 bits per heavy atom. The smallest absolute Gasteiger partial charge is 0.255 e. The number of carbonyl (C=O) groups excluding carboxylic acids is 1. The molecule has 30 heavy (non-hydrogen) atoms. The number of para-hydroxylation sites is 2. The van der Waals surface area contributed by atoms with E-state index in [4.69, 9.17) is 4.74 Å². The van der Waals surface area contributed by atoms with Crippen LogP contribution in [0.1, 0.15) is 22.2 Å². The number of hydrogen-bond acceptors (Lipinski definition) is 5. The number of amides is 1. The third kappa shape index (κ3) is 4.82. The minimum absolute atomic E-state index is 0.127. The molecule has 4 rings (SSSR count). The molecule has 6 heteroatoms. The van der Waals surface area contributed by atoms with Gasteiger partial charge in [0.15, 0.2) is 0 Å². The van der Waals surface area contributed by atoms with Crippen molar-refractivity contribution in [3.05, 3.63) is 76.5 Å². The van der Waals surface area contributed by atoms with Gasteiger partial charge in [-0.1, -0.05) is 30.3 Å². The number of thioether (sulfide) groups is 1. The summed E-state index contributed by atoms with van der Waals surface area (Å²) in [5, 5.41) is 2.09. The van der Waals surface area contributed by atoms with Crippen molar-refractivity contribution in [2.24, 2.45) is 0 Å². The van der Waals surface area contributed by atoms with Crippen LogP contribution in [-0.4, -0.2) is 43.6 Å². The molecule has 1 aromatic heterocycles. The zero-order valence-electron chi connectivity index (χ0n) is 17.1. The first kappa shape index (κ1) is 20.8. The fourth-order valence-corrected chi connectivity index (χ4v) is 5.45. The van der Waals surface area contributed by atoms with Gasteiger partial charge >= 0.3 is 0 Å². The molecule has 0 radical (unpaired) electrons. The second-order valence-corrected chi connectivity index (χ2v) is 9.09. The second kappa shape index (κ2) is 10.0. The highest BCUT2D eigenvalue weighted by atomic mass is 32.2. The van der Waals surface area contributed by atoms with Gasteiger partial charge in [0.25, 0.3) is 5.91 Å². The van der Waals surface area contributed by atoms with Gasteiger partial charge in [0.2, 0.25) is 0 Å². The topological polar surface area (TPSA) is 32.8 Å². The van der Waals surface area contributed by atoms with Crippen LogP contribution in [0, 0.1) is 0 Å². The van der Waals surface area contributed by atoms with Gasteiger partial charge in [-0.25, -0.2) is 0 Å². The van der Waals surface area contributed by atoms with Crippen LogP contribution in [0.15, 0.2) is 70.9 Å². The number of benzene rings is 2. The molecule has 2 heterocycles. The van der Waals surface area contributed by atoms with Crippen molar-refractivity contribution >= 4 is 34.7 Å². The minimum atomic E-state index is 0.127. The standard InChI is InChI=1S/C24H26N2O2S2/c1-2-28-22-11-5-4-10-21(22)25-13-15-26(16-14-25)24(27)20-9-3-6-12-23(20)30-18-19-8-7-17-29-19/h3-12,17H,2,13-16,18H2,1H3. The SMILES string of the molecule is CCOc1ccccc1N1CCN(C(=O)c2ccccc2SCc2cccs2)CC1. The highest BCUT2D eigenvalue weighted by molar-refractivity contribution is 7.98. The van der Waals surface area contributed by atoms with Crippen LogP contribution in [-0.2, 0) is 5.75 Å². The lowest BCUT2D eigenvalue weighted by Crippen LogP contribution is -2.49. The molecular formula is C24H26N2O2S2. The Morgan fingerprint density at radius 3 is 2.53 bits per heavy atom. The van der Waals surface area contributed by atoms with E-state index in [2.05, 4.69) is 34.5 Å².